The van der Waals surface area contributed by atoms with Crippen molar-refractivity contribution in [1.82, 2.24) is 9.88 Å². The van der Waals surface area contributed by atoms with Crippen molar-refractivity contribution >= 4 is 11.8 Å². The summed E-state index contributed by atoms with van der Waals surface area (Å²) < 4.78 is 5.67. The maximum absolute atomic E-state index is 13.0. The number of pyridine rings is 1. The van der Waals surface area contributed by atoms with Crippen LogP contribution in [0, 0.1) is 0 Å². The highest BCUT2D eigenvalue weighted by atomic mass is 16.6. The first kappa shape index (κ1) is 20.1. The van der Waals surface area contributed by atoms with E-state index in [9.17, 15) is 9.90 Å². The van der Waals surface area contributed by atoms with Crippen LogP contribution < -0.4 is 5.73 Å². The van der Waals surface area contributed by atoms with Gasteiger partial charge in [0.1, 0.15) is 11.7 Å². The molecule has 150 valence electrons. The fraction of sp³-hybridized carbons (Fsp3) is 0.455. The second kappa shape index (κ2) is 8.19. The Hall–Kier alpha value is -2.60. The normalized spacial score (nSPS) is 20.8. The van der Waals surface area contributed by atoms with Gasteiger partial charge in [-0.3, -0.25) is 9.88 Å². The van der Waals surface area contributed by atoms with Crippen LogP contribution in [0.1, 0.15) is 50.8 Å². The molecular formula is C22H29N3O3. The predicted molar refractivity (Wildman–Crippen MR) is 109 cm³/mol. The molecule has 1 aliphatic heterocycles. The Labute approximate surface area is 166 Å². The maximum Gasteiger partial charge on any atom is 0.410 e. The molecule has 2 heterocycles. The number of hydrogen-bond donors (Lipinski definition) is 2. The summed E-state index contributed by atoms with van der Waals surface area (Å²) in [4.78, 5) is 18.8. The van der Waals surface area contributed by atoms with Gasteiger partial charge in [0.15, 0.2) is 0 Å². The zero-order chi connectivity index (χ0) is 20.3. The van der Waals surface area contributed by atoms with E-state index in [4.69, 9.17) is 10.5 Å². The monoisotopic (exact) mass is 383 g/mol. The van der Waals surface area contributed by atoms with Crippen LogP contribution in [0.25, 0.3) is 0 Å². The number of likely N-dealkylation sites (tertiary alicyclic amines) is 1. The van der Waals surface area contributed by atoms with Gasteiger partial charge < -0.3 is 15.6 Å². The molecule has 6 nitrogen and oxygen atoms in total. The third-order valence-corrected chi connectivity index (χ3v) is 4.99. The summed E-state index contributed by atoms with van der Waals surface area (Å²) in [5, 5.41) is 11.0. The largest absolute Gasteiger partial charge is 0.444 e. The molecule has 2 aromatic rings. The Morgan fingerprint density at radius 1 is 1.29 bits per heavy atom. The van der Waals surface area contributed by atoms with Crippen LogP contribution >= 0.6 is 0 Å². The number of nitrogens with two attached hydrogens (primary N) is 1. The van der Waals surface area contributed by atoms with E-state index in [2.05, 4.69) is 4.98 Å². The zero-order valence-electron chi connectivity index (χ0n) is 16.7. The van der Waals surface area contributed by atoms with E-state index in [0.717, 1.165) is 12.0 Å². The fourth-order valence-electron chi connectivity index (χ4n) is 3.72. The van der Waals surface area contributed by atoms with Gasteiger partial charge in [-0.2, -0.15) is 0 Å². The summed E-state index contributed by atoms with van der Waals surface area (Å²) in [5.74, 6) is 0. The van der Waals surface area contributed by atoms with Crippen LogP contribution in [0.3, 0.4) is 0 Å². The van der Waals surface area contributed by atoms with Gasteiger partial charge in [0, 0.05) is 29.7 Å². The number of nitrogen functional groups attached to an aromatic ring is 1. The summed E-state index contributed by atoms with van der Waals surface area (Å²) >= 11 is 0. The third-order valence-electron chi connectivity index (χ3n) is 4.99. The van der Waals surface area contributed by atoms with Gasteiger partial charge in [-0.05, 0) is 63.8 Å². The van der Waals surface area contributed by atoms with E-state index >= 15 is 0 Å². The van der Waals surface area contributed by atoms with Gasteiger partial charge in [0.25, 0.3) is 0 Å². The fourth-order valence-corrected chi connectivity index (χ4v) is 3.72. The van der Waals surface area contributed by atoms with Crippen LogP contribution in [0.15, 0.2) is 48.8 Å². The number of rotatable bonds is 4. The molecule has 3 rings (SSSR count). The van der Waals surface area contributed by atoms with Crippen molar-refractivity contribution in [2.45, 2.75) is 63.8 Å². The molecule has 1 aromatic heterocycles. The first-order valence-corrected chi connectivity index (χ1v) is 9.68. The number of carbonyl (C=O) groups excluding carboxylic acids is 1. The zero-order valence-corrected chi connectivity index (χ0v) is 16.7. The first-order valence-electron chi connectivity index (χ1n) is 9.68. The number of anilines is 1. The van der Waals surface area contributed by atoms with E-state index in [1.807, 2.05) is 51.1 Å². The molecule has 28 heavy (non-hydrogen) atoms. The van der Waals surface area contributed by atoms with Crippen molar-refractivity contribution in [3.05, 3.63) is 59.9 Å². The second-order valence-corrected chi connectivity index (χ2v) is 8.36. The highest BCUT2D eigenvalue weighted by Crippen LogP contribution is 2.35. The highest BCUT2D eigenvalue weighted by molar-refractivity contribution is 5.69. The Kier molecular flexibility index (Phi) is 5.89. The average molecular weight is 383 g/mol. The molecule has 1 aliphatic rings. The lowest BCUT2D eigenvalue weighted by atomic mass is 10.0. The SMILES string of the molecule is CC(C)(C)OC(=O)N1C(Cc2ccc(N)cc2)CC[C@@H]1[C@H](O)c1cccnc1. The topological polar surface area (TPSA) is 88.7 Å². The van der Waals surface area contributed by atoms with Crippen molar-refractivity contribution < 1.29 is 14.6 Å². The lowest BCUT2D eigenvalue weighted by Gasteiger charge is -2.34. The minimum atomic E-state index is -0.808. The van der Waals surface area contributed by atoms with Crippen molar-refractivity contribution in [1.29, 1.82) is 0 Å². The number of amides is 1. The summed E-state index contributed by atoms with van der Waals surface area (Å²) in [6.07, 6.45) is 4.30. The molecule has 0 bridgehead atoms. The summed E-state index contributed by atoms with van der Waals surface area (Å²) in [5.41, 5.74) is 7.70. The summed E-state index contributed by atoms with van der Waals surface area (Å²) in [6.45, 7) is 5.55. The van der Waals surface area contributed by atoms with Crippen molar-refractivity contribution in [2.75, 3.05) is 5.73 Å². The minimum absolute atomic E-state index is 0.0465. The average Bonchev–Trinajstić information content (AvgIpc) is 3.06. The first-order chi connectivity index (χ1) is 13.2. The van der Waals surface area contributed by atoms with Crippen molar-refractivity contribution in [2.24, 2.45) is 0 Å². The molecule has 1 fully saturated rings. The number of aromatic nitrogens is 1. The van der Waals surface area contributed by atoms with Crippen molar-refractivity contribution in [3.63, 3.8) is 0 Å². The Morgan fingerprint density at radius 3 is 2.61 bits per heavy atom. The van der Waals surface area contributed by atoms with E-state index in [-0.39, 0.29) is 12.1 Å². The van der Waals surface area contributed by atoms with E-state index < -0.39 is 17.8 Å². The van der Waals surface area contributed by atoms with Gasteiger partial charge in [-0.25, -0.2) is 4.79 Å². The van der Waals surface area contributed by atoms with E-state index in [1.165, 1.54) is 0 Å². The number of benzene rings is 1. The lowest BCUT2D eigenvalue weighted by Crippen LogP contribution is -2.47. The Balaban J connectivity index is 1.84. The molecule has 0 spiro atoms. The van der Waals surface area contributed by atoms with Crippen LogP contribution in [-0.4, -0.2) is 38.8 Å². The molecule has 1 aromatic carbocycles. The van der Waals surface area contributed by atoms with Crippen LogP contribution in [0.2, 0.25) is 0 Å². The minimum Gasteiger partial charge on any atom is -0.444 e. The number of carbonyl (C=O) groups is 1. The lowest BCUT2D eigenvalue weighted by molar-refractivity contribution is -0.00458. The van der Waals surface area contributed by atoms with Gasteiger partial charge in [0.2, 0.25) is 0 Å². The number of hydrogen-bond acceptors (Lipinski definition) is 5. The van der Waals surface area contributed by atoms with Crippen LogP contribution in [-0.2, 0) is 11.2 Å². The molecule has 0 saturated carbocycles. The third kappa shape index (κ3) is 4.81. The molecule has 0 radical (unpaired) electrons. The van der Waals surface area contributed by atoms with Crippen molar-refractivity contribution in [3.8, 4) is 0 Å². The highest BCUT2D eigenvalue weighted by Gasteiger charge is 2.42. The van der Waals surface area contributed by atoms with Gasteiger partial charge in [0.05, 0.1) is 6.04 Å². The molecule has 3 N–H and O–H groups in total. The van der Waals surface area contributed by atoms with Gasteiger partial charge >= 0.3 is 6.09 Å². The summed E-state index contributed by atoms with van der Waals surface area (Å²) in [7, 11) is 0. The molecular weight excluding hydrogens is 354 g/mol. The van der Waals surface area contributed by atoms with Crippen LogP contribution in [0.4, 0.5) is 10.5 Å². The quantitative estimate of drug-likeness (QED) is 0.786. The molecule has 3 atom stereocenters. The molecule has 6 heteroatoms. The predicted octanol–water partition coefficient (Wildman–Crippen LogP) is 3.71. The van der Waals surface area contributed by atoms with Gasteiger partial charge in [-0.1, -0.05) is 18.2 Å². The molecule has 1 unspecified atom stereocenters. The Bertz CT molecular complexity index is 787. The maximum atomic E-state index is 13.0. The number of aliphatic hydroxyl groups excluding tert-OH is 1. The number of nitrogens with zero attached hydrogens (tertiary/aromatic N) is 2. The smallest absolute Gasteiger partial charge is 0.410 e. The summed E-state index contributed by atoms with van der Waals surface area (Å²) in [6, 6.07) is 10.9. The van der Waals surface area contributed by atoms with Gasteiger partial charge in [-0.15, -0.1) is 0 Å². The number of aliphatic hydroxyl groups is 1. The molecule has 1 saturated heterocycles. The molecule has 0 aliphatic carbocycles. The second-order valence-electron chi connectivity index (χ2n) is 8.36. The van der Waals surface area contributed by atoms with E-state index in [1.54, 1.807) is 23.4 Å². The number of ether oxygens (including phenoxy) is 1. The van der Waals surface area contributed by atoms with Crippen LogP contribution in [0.5, 0.6) is 0 Å². The standard InChI is InChI=1S/C22H29N3O3/c1-22(2,3)28-21(27)25-18(13-15-6-8-17(23)9-7-15)10-11-19(25)20(26)16-5-4-12-24-14-16/h4-9,12,14,18-20,26H,10-11,13,23H2,1-3H3/t18?,19-,20-/m1/s1. The molecule has 1 amide bonds. The Morgan fingerprint density at radius 2 is 2.00 bits per heavy atom. The van der Waals surface area contributed by atoms with E-state index in [0.29, 0.717) is 24.1 Å².